The maximum atomic E-state index is 10.3. The quantitative estimate of drug-likeness (QED) is 0.339. The Kier molecular flexibility index (Phi) is 9.51. The average molecular weight is 311 g/mol. The molecule has 0 bridgehead atoms. The van der Waals surface area contributed by atoms with Crippen LogP contribution in [-0.2, 0) is 33.9 Å². The molecule has 0 aliphatic heterocycles. The van der Waals surface area contributed by atoms with Crippen molar-refractivity contribution < 1.29 is 39.0 Å². The summed E-state index contributed by atoms with van der Waals surface area (Å²) in [5, 5.41) is 8.36. The van der Waals surface area contributed by atoms with Crippen molar-refractivity contribution in [2.75, 3.05) is 0 Å². The number of hydrogen-bond acceptors (Lipinski definition) is 4. The van der Waals surface area contributed by atoms with E-state index >= 15 is 0 Å². The van der Waals surface area contributed by atoms with Gasteiger partial charge in [0.05, 0.1) is 5.76 Å². The summed E-state index contributed by atoms with van der Waals surface area (Å²) in [6.45, 7) is 2.85. The Morgan fingerprint density at radius 3 is 1.50 bits per heavy atom. The summed E-state index contributed by atoms with van der Waals surface area (Å²) in [7, 11) is 0. The first kappa shape index (κ1) is 17.1. The van der Waals surface area contributed by atoms with Crippen molar-refractivity contribution >= 4 is 17.3 Å². The van der Waals surface area contributed by atoms with E-state index in [1.807, 2.05) is 0 Å². The van der Waals surface area contributed by atoms with Crippen molar-refractivity contribution in [2.45, 2.75) is 13.8 Å². The molecule has 1 radical (unpaired) electrons. The van der Waals surface area contributed by atoms with E-state index in [1.54, 1.807) is 0 Å². The van der Waals surface area contributed by atoms with Crippen molar-refractivity contribution in [3.05, 3.63) is 37.5 Å². The van der Waals surface area contributed by atoms with E-state index in [1.165, 1.54) is 45.6 Å². The van der Waals surface area contributed by atoms with E-state index in [-0.39, 0.29) is 42.6 Å². The second-order valence-corrected chi connectivity index (χ2v) is 2.87. The van der Waals surface area contributed by atoms with Gasteiger partial charge in [-0.3, -0.25) is 4.79 Å². The molecule has 0 aromatic carbocycles. The summed E-state index contributed by atoms with van der Waals surface area (Å²) in [5.41, 5.74) is 0. The van der Waals surface area contributed by atoms with Crippen LogP contribution in [-0.4, -0.2) is 22.5 Å². The van der Waals surface area contributed by atoms with Crippen LogP contribution in [0.25, 0.3) is 0 Å². The van der Waals surface area contributed by atoms with E-state index in [0.717, 1.165) is 0 Å². The zero-order chi connectivity index (χ0) is 11.8. The van der Waals surface area contributed by atoms with Crippen LogP contribution in [0.2, 0.25) is 0 Å². The van der Waals surface area contributed by atoms with Gasteiger partial charge in [-0.1, -0.05) is 0 Å². The van der Waals surface area contributed by atoms with Gasteiger partial charge in [0.25, 0.3) is 0 Å². The second kappa shape index (κ2) is 8.92. The Morgan fingerprint density at radius 1 is 1.06 bits per heavy atom. The van der Waals surface area contributed by atoms with Gasteiger partial charge >= 0.3 is 0 Å². The topological polar surface area (TPSA) is 71.4 Å². The summed E-state index contributed by atoms with van der Waals surface area (Å²) >= 11 is 0. The van der Waals surface area contributed by atoms with Crippen LogP contribution in [0.1, 0.15) is 13.8 Å². The molecular weight excluding hydrogens is 299 g/mol. The number of aliphatic hydroxyl groups is 1. The van der Waals surface area contributed by atoms with Crippen molar-refractivity contribution in [1.29, 1.82) is 0 Å². The third kappa shape index (κ3) is 10.7. The average Bonchev–Trinajstić information content (AvgIpc) is 2.09. The fourth-order valence-electron chi connectivity index (χ4n) is 0.734. The zero-order valence-electron chi connectivity index (χ0n) is 8.89. The van der Waals surface area contributed by atoms with Crippen LogP contribution in [0.4, 0.5) is 0 Å². The minimum atomic E-state index is -0.125. The normalized spacial score (nSPS) is 13.8. The van der Waals surface area contributed by atoms with Gasteiger partial charge in [0.2, 0.25) is 0 Å². The minimum absolute atomic E-state index is 0. The standard InChI is InChI=1S/C6H4O2.C5H8O2.Rh/c7-5-1-2-6(8)4-3-5;1-4(6)3-5(2)7;/h1-4H;3,6H,1-2H3;/q-4;;/b;4-3-;. The predicted octanol–water partition coefficient (Wildman–Crippen LogP) is 0.990. The van der Waals surface area contributed by atoms with Gasteiger partial charge < -0.3 is 40.4 Å². The molecule has 0 atom stereocenters. The molecule has 0 heterocycles. The van der Waals surface area contributed by atoms with E-state index in [0.29, 0.717) is 0 Å². The number of carbonyl (C=O) groups excluding carboxylic acids is 3. The molecule has 16 heavy (non-hydrogen) atoms. The Labute approximate surface area is 108 Å². The first-order valence-corrected chi connectivity index (χ1v) is 4.23. The molecule has 93 valence electrons. The van der Waals surface area contributed by atoms with Gasteiger partial charge in [-0.05, 0) is 13.8 Å². The minimum Gasteiger partial charge on any atom is -0.512 e. The van der Waals surface area contributed by atoms with Gasteiger partial charge in [0.1, 0.15) is 0 Å². The number of rotatable bonds is 1. The van der Waals surface area contributed by atoms with Gasteiger partial charge in [-0.2, -0.15) is 11.6 Å². The van der Waals surface area contributed by atoms with Gasteiger partial charge in [-0.25, -0.2) is 0 Å². The third-order valence-electron chi connectivity index (χ3n) is 1.24. The molecule has 1 saturated carbocycles. The molecule has 0 amide bonds. The maximum Gasteiger partial charge on any atom is 0.155 e. The molecule has 0 aromatic heterocycles. The Hall–Kier alpha value is -1.35. The van der Waals surface area contributed by atoms with E-state index in [4.69, 9.17) is 5.11 Å². The van der Waals surface area contributed by atoms with E-state index in [9.17, 15) is 14.4 Å². The predicted molar refractivity (Wildman–Crippen MR) is 54.3 cm³/mol. The molecule has 1 fully saturated rings. The summed E-state index contributed by atoms with van der Waals surface area (Å²) in [6, 6.07) is 0. The molecule has 1 aliphatic rings. The molecule has 5 heteroatoms. The molecule has 0 saturated heterocycles. The molecule has 0 spiro atoms. The first-order chi connectivity index (χ1) is 6.91. The Balaban J connectivity index is 0. The van der Waals surface area contributed by atoms with Crippen LogP contribution in [0.5, 0.6) is 0 Å². The van der Waals surface area contributed by atoms with Crippen molar-refractivity contribution in [3.8, 4) is 0 Å². The molecule has 0 aromatic rings. The van der Waals surface area contributed by atoms with Crippen molar-refractivity contribution in [1.82, 2.24) is 0 Å². The van der Waals surface area contributed by atoms with Crippen LogP contribution in [0, 0.1) is 25.7 Å². The first-order valence-electron chi connectivity index (χ1n) is 4.23. The SMILES string of the molecule is CC(=O)/C=C(/C)O.O=C1[CH-][CH-]C(=O)[CH-][CH-]1.[Rh]. The number of aliphatic hydroxyl groups excluding tert-OH is 1. The number of hydrogen-bond donors (Lipinski definition) is 1. The Bertz CT molecular complexity index is 262. The summed E-state index contributed by atoms with van der Waals surface area (Å²) in [5.74, 6) is -0.304. The second-order valence-electron chi connectivity index (χ2n) is 2.87. The van der Waals surface area contributed by atoms with Crippen molar-refractivity contribution in [3.63, 3.8) is 0 Å². The van der Waals surface area contributed by atoms with Gasteiger partial charge in [0.15, 0.2) is 5.78 Å². The molecular formula is C11H12O4Rh-4. The van der Waals surface area contributed by atoms with Crippen LogP contribution in [0.3, 0.4) is 0 Å². The van der Waals surface area contributed by atoms with Crippen LogP contribution in [0.15, 0.2) is 11.8 Å². The summed E-state index contributed by atoms with van der Waals surface area (Å²) in [4.78, 5) is 30.6. The summed E-state index contributed by atoms with van der Waals surface area (Å²) < 4.78 is 0. The summed E-state index contributed by atoms with van der Waals surface area (Å²) in [6.07, 6.45) is 6.18. The number of carbonyl (C=O) groups is 3. The smallest absolute Gasteiger partial charge is 0.155 e. The Morgan fingerprint density at radius 2 is 1.38 bits per heavy atom. The molecule has 0 unspecified atom stereocenters. The van der Waals surface area contributed by atoms with Crippen molar-refractivity contribution in [2.24, 2.45) is 0 Å². The zero-order valence-corrected chi connectivity index (χ0v) is 10.5. The van der Waals surface area contributed by atoms with E-state index < -0.39 is 0 Å². The third-order valence-corrected chi connectivity index (χ3v) is 1.24. The van der Waals surface area contributed by atoms with Gasteiger partial charge in [0, 0.05) is 25.6 Å². The number of allylic oxidation sites excluding steroid dienone is 2. The van der Waals surface area contributed by atoms with Crippen LogP contribution < -0.4 is 0 Å². The fourth-order valence-corrected chi connectivity index (χ4v) is 0.734. The largest absolute Gasteiger partial charge is 0.512 e. The molecule has 1 rings (SSSR count). The van der Waals surface area contributed by atoms with E-state index in [2.05, 4.69) is 0 Å². The molecule has 1 aliphatic carbocycles. The number of ketones is 3. The molecule has 4 nitrogen and oxygen atoms in total. The fraction of sp³-hybridized carbons (Fsp3) is 0.182. The number of Topliss-reactive ketones (excluding diaryl/α,β-unsaturated/α-hetero) is 2. The maximum absolute atomic E-state index is 10.3. The monoisotopic (exact) mass is 311 g/mol. The van der Waals surface area contributed by atoms with Gasteiger partial charge in [-0.15, -0.1) is 0 Å². The molecule has 1 N–H and O–H groups in total. The van der Waals surface area contributed by atoms with Crippen LogP contribution >= 0.6 is 0 Å².